The highest BCUT2D eigenvalue weighted by Gasteiger charge is 2.18. The first-order valence-corrected chi connectivity index (χ1v) is 12.0. The largest absolute Gasteiger partial charge is 0.497 e. The summed E-state index contributed by atoms with van der Waals surface area (Å²) in [6, 6.07) is 16.8. The van der Waals surface area contributed by atoms with Gasteiger partial charge in [-0.3, -0.25) is 14.8 Å². The zero-order chi connectivity index (χ0) is 22.9. The average Bonchev–Trinajstić information content (AvgIpc) is 3.17. The van der Waals surface area contributed by atoms with Crippen LogP contribution in [0.1, 0.15) is 21.5 Å². The van der Waals surface area contributed by atoms with Crippen LogP contribution >= 0.6 is 11.3 Å². The summed E-state index contributed by atoms with van der Waals surface area (Å²) in [5.41, 5.74) is 3.30. The van der Waals surface area contributed by atoms with Crippen LogP contribution in [0.5, 0.6) is 5.75 Å². The molecule has 4 aromatic rings. The van der Waals surface area contributed by atoms with Gasteiger partial charge in [-0.05, 0) is 61.9 Å². The number of anilines is 2. The lowest BCUT2D eigenvalue weighted by atomic mass is 10.1. The maximum Gasteiger partial charge on any atom is 0.261 e. The fourth-order valence-electron chi connectivity index (χ4n) is 3.19. The Kier molecular flexibility index (Phi) is 5.86. The summed E-state index contributed by atoms with van der Waals surface area (Å²) in [6.07, 6.45) is 0. The molecule has 0 radical (unpaired) electrons. The van der Waals surface area contributed by atoms with Crippen molar-refractivity contribution in [2.75, 3.05) is 17.1 Å². The highest BCUT2D eigenvalue weighted by Crippen LogP contribution is 2.29. The van der Waals surface area contributed by atoms with Crippen LogP contribution in [0.15, 0.2) is 65.6 Å². The number of fused-ring (bicyclic) bond motifs is 1. The molecule has 4 rings (SSSR count). The number of amides is 1. The van der Waals surface area contributed by atoms with E-state index in [-0.39, 0.29) is 10.5 Å². The molecule has 1 amide bonds. The fraction of sp³-hybridized carbons (Fsp3) is 0.130. The minimum atomic E-state index is -3.86. The molecule has 1 aromatic heterocycles. The topological polar surface area (TPSA) is 97.4 Å². The van der Waals surface area contributed by atoms with Crippen LogP contribution in [0.25, 0.3) is 10.2 Å². The second-order valence-electron chi connectivity index (χ2n) is 7.26. The van der Waals surface area contributed by atoms with Crippen LogP contribution in [-0.4, -0.2) is 26.4 Å². The lowest BCUT2D eigenvalue weighted by Crippen LogP contribution is -2.16. The number of sulfonamides is 1. The maximum absolute atomic E-state index is 12.9. The maximum atomic E-state index is 12.9. The summed E-state index contributed by atoms with van der Waals surface area (Å²) < 4.78 is 34.4. The number of ether oxygens (including phenoxy) is 1. The first-order chi connectivity index (χ1) is 15.2. The zero-order valence-corrected chi connectivity index (χ0v) is 19.3. The molecule has 0 aliphatic carbocycles. The second kappa shape index (κ2) is 8.60. The van der Waals surface area contributed by atoms with Crippen molar-refractivity contribution >= 4 is 48.3 Å². The van der Waals surface area contributed by atoms with E-state index in [1.165, 1.54) is 29.5 Å². The van der Waals surface area contributed by atoms with Gasteiger partial charge >= 0.3 is 0 Å². The van der Waals surface area contributed by atoms with Gasteiger partial charge in [0, 0.05) is 5.56 Å². The van der Waals surface area contributed by atoms with Gasteiger partial charge in [-0.25, -0.2) is 13.4 Å². The van der Waals surface area contributed by atoms with E-state index < -0.39 is 15.9 Å². The molecule has 1 heterocycles. The Bertz CT molecular complexity index is 1430. The van der Waals surface area contributed by atoms with Crippen molar-refractivity contribution in [3.05, 3.63) is 77.4 Å². The number of methoxy groups -OCH3 is 1. The molecule has 0 aliphatic rings. The highest BCUT2D eigenvalue weighted by molar-refractivity contribution is 7.92. The lowest BCUT2D eigenvalue weighted by Gasteiger charge is -2.12. The van der Waals surface area contributed by atoms with Crippen molar-refractivity contribution in [2.45, 2.75) is 18.7 Å². The minimum absolute atomic E-state index is 0.000777. The second-order valence-corrected chi connectivity index (χ2v) is 9.97. The quantitative estimate of drug-likeness (QED) is 0.417. The van der Waals surface area contributed by atoms with E-state index in [0.29, 0.717) is 16.6 Å². The van der Waals surface area contributed by atoms with E-state index in [0.717, 1.165) is 21.3 Å². The predicted octanol–water partition coefficient (Wildman–Crippen LogP) is 4.97. The van der Waals surface area contributed by atoms with Gasteiger partial charge in [-0.15, -0.1) is 0 Å². The minimum Gasteiger partial charge on any atom is -0.497 e. The molecule has 0 saturated heterocycles. The summed E-state index contributed by atoms with van der Waals surface area (Å²) in [5.74, 6) is 0.257. The first kappa shape index (κ1) is 21.8. The lowest BCUT2D eigenvalue weighted by molar-refractivity contribution is 0.102. The predicted molar refractivity (Wildman–Crippen MR) is 127 cm³/mol. The van der Waals surface area contributed by atoms with Crippen molar-refractivity contribution in [3.63, 3.8) is 0 Å². The molecule has 7 nitrogen and oxygen atoms in total. The van der Waals surface area contributed by atoms with Crippen LogP contribution < -0.4 is 14.8 Å². The van der Waals surface area contributed by atoms with Crippen molar-refractivity contribution in [3.8, 4) is 5.75 Å². The Morgan fingerprint density at radius 2 is 1.84 bits per heavy atom. The number of aromatic nitrogens is 1. The highest BCUT2D eigenvalue weighted by atomic mass is 32.2. The molecular weight excluding hydrogens is 446 g/mol. The van der Waals surface area contributed by atoms with Crippen molar-refractivity contribution in [1.29, 1.82) is 0 Å². The molecule has 0 unspecified atom stereocenters. The van der Waals surface area contributed by atoms with Crippen LogP contribution in [0.4, 0.5) is 10.8 Å². The molecule has 0 atom stereocenters. The molecule has 164 valence electrons. The third-order valence-electron chi connectivity index (χ3n) is 4.85. The van der Waals surface area contributed by atoms with E-state index in [9.17, 15) is 13.2 Å². The summed E-state index contributed by atoms with van der Waals surface area (Å²) in [4.78, 5) is 17.2. The van der Waals surface area contributed by atoms with E-state index >= 15 is 0 Å². The van der Waals surface area contributed by atoms with Gasteiger partial charge in [0.25, 0.3) is 15.9 Å². The van der Waals surface area contributed by atoms with Gasteiger partial charge in [0.1, 0.15) is 5.75 Å². The number of hydrogen-bond acceptors (Lipinski definition) is 6. The van der Waals surface area contributed by atoms with Gasteiger partial charge in [-0.2, -0.15) is 0 Å². The number of thiazole rings is 1. The number of hydrogen-bond donors (Lipinski definition) is 2. The SMILES string of the molecule is COc1ccc2nc(NC(=O)c3cccc(S(=O)(=O)Nc4ccc(C)cc4C)c3)sc2c1. The van der Waals surface area contributed by atoms with Crippen molar-refractivity contribution in [1.82, 2.24) is 4.98 Å². The summed E-state index contributed by atoms with van der Waals surface area (Å²) >= 11 is 1.31. The Morgan fingerprint density at radius 3 is 2.59 bits per heavy atom. The number of nitrogens with one attached hydrogen (secondary N) is 2. The molecule has 0 spiro atoms. The zero-order valence-electron chi connectivity index (χ0n) is 17.7. The van der Waals surface area contributed by atoms with Gasteiger partial charge in [0.15, 0.2) is 5.13 Å². The molecule has 3 aromatic carbocycles. The Morgan fingerprint density at radius 1 is 1.03 bits per heavy atom. The van der Waals surface area contributed by atoms with E-state index in [1.54, 1.807) is 25.3 Å². The third kappa shape index (κ3) is 4.58. The van der Waals surface area contributed by atoms with E-state index in [4.69, 9.17) is 4.74 Å². The molecule has 32 heavy (non-hydrogen) atoms. The third-order valence-corrected chi connectivity index (χ3v) is 7.15. The molecule has 0 bridgehead atoms. The summed E-state index contributed by atoms with van der Waals surface area (Å²) in [6.45, 7) is 3.78. The standard InChI is InChI=1S/C23H21N3O4S2/c1-14-7-9-19(15(2)11-14)26-32(28,29)18-6-4-5-16(12-18)22(27)25-23-24-20-10-8-17(30-3)13-21(20)31-23/h4-13,26H,1-3H3,(H,24,25,27). The van der Waals surface area contributed by atoms with Crippen molar-refractivity contribution < 1.29 is 17.9 Å². The molecule has 0 aliphatic heterocycles. The Hall–Kier alpha value is -3.43. The van der Waals surface area contributed by atoms with E-state index in [2.05, 4.69) is 15.0 Å². The van der Waals surface area contributed by atoms with E-state index in [1.807, 2.05) is 38.1 Å². The van der Waals surface area contributed by atoms with Crippen LogP contribution in [0.3, 0.4) is 0 Å². The number of benzene rings is 3. The molecule has 2 N–H and O–H groups in total. The monoisotopic (exact) mass is 467 g/mol. The Balaban J connectivity index is 1.56. The van der Waals surface area contributed by atoms with Crippen LogP contribution in [-0.2, 0) is 10.0 Å². The number of aryl methyl sites for hydroxylation is 2. The van der Waals surface area contributed by atoms with Gasteiger partial charge in [0.05, 0.1) is 27.9 Å². The van der Waals surface area contributed by atoms with Crippen molar-refractivity contribution in [2.24, 2.45) is 0 Å². The van der Waals surface area contributed by atoms with Gasteiger partial charge in [0.2, 0.25) is 0 Å². The molecule has 9 heteroatoms. The molecular formula is C23H21N3O4S2. The number of nitrogens with zero attached hydrogens (tertiary/aromatic N) is 1. The number of rotatable bonds is 6. The summed E-state index contributed by atoms with van der Waals surface area (Å²) in [5, 5.41) is 3.16. The molecule has 0 fully saturated rings. The number of carbonyl (C=O) groups excluding carboxylic acids is 1. The Labute approximate surface area is 190 Å². The van der Waals surface area contributed by atoms with Gasteiger partial charge in [-0.1, -0.05) is 35.1 Å². The smallest absolute Gasteiger partial charge is 0.261 e. The number of carbonyl (C=O) groups is 1. The fourth-order valence-corrected chi connectivity index (χ4v) is 5.26. The normalized spacial score (nSPS) is 11.3. The van der Waals surface area contributed by atoms with Crippen LogP contribution in [0.2, 0.25) is 0 Å². The average molecular weight is 468 g/mol. The molecule has 0 saturated carbocycles. The van der Waals surface area contributed by atoms with Gasteiger partial charge < -0.3 is 4.74 Å². The first-order valence-electron chi connectivity index (χ1n) is 9.71. The van der Waals surface area contributed by atoms with Crippen LogP contribution in [0, 0.1) is 13.8 Å². The summed E-state index contributed by atoms with van der Waals surface area (Å²) in [7, 11) is -2.28.